The summed E-state index contributed by atoms with van der Waals surface area (Å²) in [5.41, 5.74) is 4.14. The lowest BCUT2D eigenvalue weighted by atomic mass is 10.0. The van der Waals surface area contributed by atoms with E-state index >= 15 is 0 Å². The van der Waals surface area contributed by atoms with Gasteiger partial charge in [0.05, 0.1) is 6.54 Å². The average Bonchev–Trinajstić information content (AvgIpc) is 3.67. The largest absolute Gasteiger partial charge is 0.349 e. The summed E-state index contributed by atoms with van der Waals surface area (Å²) in [5.74, 6) is -0.546. The van der Waals surface area contributed by atoms with E-state index in [1.54, 1.807) is 36.2 Å². The quantitative estimate of drug-likeness (QED) is 0.560. The molecule has 3 aromatic rings. The number of amides is 3. The number of nitrogens with one attached hydrogen (secondary N) is 2. The summed E-state index contributed by atoms with van der Waals surface area (Å²) in [6.45, 7) is 0.308. The van der Waals surface area contributed by atoms with Crippen LogP contribution in [0.15, 0.2) is 78.9 Å². The molecule has 6 nitrogen and oxygen atoms in total. The van der Waals surface area contributed by atoms with Crippen molar-refractivity contribution in [1.29, 1.82) is 0 Å². The van der Waals surface area contributed by atoms with Crippen molar-refractivity contribution in [3.05, 3.63) is 95.6 Å². The zero-order chi connectivity index (χ0) is 23.2. The van der Waals surface area contributed by atoms with E-state index in [9.17, 15) is 14.4 Å². The van der Waals surface area contributed by atoms with Crippen LogP contribution in [-0.2, 0) is 11.3 Å². The van der Waals surface area contributed by atoms with Crippen molar-refractivity contribution < 1.29 is 14.4 Å². The molecule has 6 heteroatoms. The molecule has 0 atom stereocenters. The lowest BCUT2D eigenvalue weighted by Gasteiger charge is -2.18. The SMILES string of the molecule is CN(Cc1ccc(C(=O)NC2CC2)cc1)C(=O)CNC(=O)c1ccc(-c2ccccc2)cc1. The molecule has 2 N–H and O–H groups in total. The minimum absolute atomic E-state index is 0.0620. The normalized spacial score (nSPS) is 12.6. The maximum absolute atomic E-state index is 12.5. The van der Waals surface area contributed by atoms with E-state index in [1.807, 2.05) is 54.6 Å². The fraction of sp³-hybridized carbons (Fsp3) is 0.222. The van der Waals surface area contributed by atoms with Crippen molar-refractivity contribution in [2.75, 3.05) is 13.6 Å². The summed E-state index contributed by atoms with van der Waals surface area (Å²) in [7, 11) is 1.69. The highest BCUT2D eigenvalue weighted by Gasteiger charge is 2.23. The zero-order valence-electron chi connectivity index (χ0n) is 18.6. The molecule has 3 amide bonds. The number of rotatable bonds is 8. The van der Waals surface area contributed by atoms with Gasteiger partial charge in [0.2, 0.25) is 5.91 Å². The Balaban J connectivity index is 1.25. The van der Waals surface area contributed by atoms with Crippen molar-refractivity contribution in [2.45, 2.75) is 25.4 Å². The van der Waals surface area contributed by atoms with E-state index in [0.717, 1.165) is 29.5 Å². The van der Waals surface area contributed by atoms with Gasteiger partial charge in [0, 0.05) is 30.8 Å². The number of benzene rings is 3. The summed E-state index contributed by atoms with van der Waals surface area (Å²) in [6.07, 6.45) is 2.10. The molecule has 33 heavy (non-hydrogen) atoms. The third kappa shape index (κ3) is 6.07. The summed E-state index contributed by atoms with van der Waals surface area (Å²) < 4.78 is 0. The molecular formula is C27H27N3O3. The Labute approximate surface area is 193 Å². The first-order valence-electron chi connectivity index (χ1n) is 11.1. The van der Waals surface area contributed by atoms with Crippen LogP contribution in [0.3, 0.4) is 0 Å². The first-order chi connectivity index (χ1) is 16.0. The molecule has 0 bridgehead atoms. The predicted molar refractivity (Wildman–Crippen MR) is 128 cm³/mol. The van der Waals surface area contributed by atoms with Gasteiger partial charge in [0.15, 0.2) is 0 Å². The number of nitrogens with zero attached hydrogens (tertiary/aromatic N) is 1. The van der Waals surface area contributed by atoms with Crippen LogP contribution in [-0.4, -0.2) is 42.3 Å². The summed E-state index contributed by atoms with van der Waals surface area (Å²) in [4.78, 5) is 38.5. The van der Waals surface area contributed by atoms with Crippen LogP contribution in [0.5, 0.6) is 0 Å². The Hall–Kier alpha value is -3.93. The summed E-state index contributed by atoms with van der Waals surface area (Å²) in [5, 5.41) is 5.65. The second-order valence-electron chi connectivity index (χ2n) is 8.32. The molecule has 1 aliphatic carbocycles. The molecular weight excluding hydrogens is 414 g/mol. The van der Waals surface area contributed by atoms with Gasteiger partial charge >= 0.3 is 0 Å². The van der Waals surface area contributed by atoms with E-state index in [4.69, 9.17) is 0 Å². The maximum atomic E-state index is 12.5. The molecule has 1 fully saturated rings. The van der Waals surface area contributed by atoms with Crippen molar-refractivity contribution in [3.63, 3.8) is 0 Å². The third-order valence-electron chi connectivity index (χ3n) is 5.63. The van der Waals surface area contributed by atoms with Gasteiger partial charge in [-0.2, -0.15) is 0 Å². The van der Waals surface area contributed by atoms with E-state index in [1.165, 1.54) is 0 Å². The number of carbonyl (C=O) groups is 3. The highest BCUT2D eigenvalue weighted by molar-refractivity contribution is 5.97. The number of likely N-dealkylation sites (N-methyl/N-ethyl adjacent to an activating group) is 1. The van der Waals surface area contributed by atoms with Crippen LogP contribution in [0.4, 0.5) is 0 Å². The van der Waals surface area contributed by atoms with E-state index in [2.05, 4.69) is 10.6 Å². The van der Waals surface area contributed by atoms with Crippen molar-refractivity contribution in [3.8, 4) is 11.1 Å². The van der Waals surface area contributed by atoms with Gasteiger partial charge in [-0.15, -0.1) is 0 Å². The molecule has 1 aliphatic rings. The molecule has 0 aromatic heterocycles. The van der Waals surface area contributed by atoms with Crippen LogP contribution >= 0.6 is 0 Å². The van der Waals surface area contributed by atoms with Gasteiger partial charge in [-0.1, -0.05) is 54.6 Å². The summed E-state index contributed by atoms with van der Waals surface area (Å²) in [6, 6.07) is 24.8. The van der Waals surface area contributed by atoms with Crippen LogP contribution < -0.4 is 10.6 Å². The van der Waals surface area contributed by atoms with Gasteiger partial charge in [0.25, 0.3) is 11.8 Å². The third-order valence-corrected chi connectivity index (χ3v) is 5.63. The van der Waals surface area contributed by atoms with Crippen molar-refractivity contribution in [2.24, 2.45) is 0 Å². The number of hydrogen-bond donors (Lipinski definition) is 2. The molecule has 3 aromatic carbocycles. The summed E-state index contributed by atoms with van der Waals surface area (Å²) >= 11 is 0. The second kappa shape index (κ2) is 10.1. The molecule has 0 unspecified atom stereocenters. The minimum Gasteiger partial charge on any atom is -0.349 e. The zero-order valence-corrected chi connectivity index (χ0v) is 18.6. The lowest BCUT2D eigenvalue weighted by Crippen LogP contribution is -2.37. The van der Waals surface area contributed by atoms with Gasteiger partial charge in [-0.05, 0) is 53.8 Å². The van der Waals surface area contributed by atoms with Crippen molar-refractivity contribution in [1.82, 2.24) is 15.5 Å². The van der Waals surface area contributed by atoms with E-state index in [0.29, 0.717) is 23.7 Å². The van der Waals surface area contributed by atoms with Crippen molar-refractivity contribution >= 4 is 17.7 Å². The highest BCUT2D eigenvalue weighted by Crippen LogP contribution is 2.20. The average molecular weight is 442 g/mol. The molecule has 0 spiro atoms. The Morgan fingerprint density at radius 3 is 2.00 bits per heavy atom. The Morgan fingerprint density at radius 2 is 1.36 bits per heavy atom. The maximum Gasteiger partial charge on any atom is 0.251 e. The predicted octanol–water partition coefficient (Wildman–Crippen LogP) is 3.63. The van der Waals surface area contributed by atoms with Gasteiger partial charge < -0.3 is 15.5 Å². The van der Waals surface area contributed by atoms with Crippen LogP contribution in [0, 0.1) is 0 Å². The van der Waals surface area contributed by atoms with E-state index in [-0.39, 0.29) is 24.3 Å². The Bertz CT molecular complexity index is 1120. The van der Waals surface area contributed by atoms with Gasteiger partial charge in [0.1, 0.15) is 0 Å². The first-order valence-corrected chi connectivity index (χ1v) is 11.1. The van der Waals surface area contributed by atoms with E-state index < -0.39 is 0 Å². The monoisotopic (exact) mass is 441 g/mol. The molecule has 168 valence electrons. The molecule has 0 heterocycles. The van der Waals surface area contributed by atoms with Crippen LogP contribution in [0.2, 0.25) is 0 Å². The van der Waals surface area contributed by atoms with Crippen LogP contribution in [0.1, 0.15) is 39.1 Å². The fourth-order valence-electron chi connectivity index (χ4n) is 3.46. The molecule has 0 aliphatic heterocycles. The second-order valence-corrected chi connectivity index (χ2v) is 8.32. The molecule has 0 radical (unpaired) electrons. The van der Waals surface area contributed by atoms with Gasteiger partial charge in [-0.3, -0.25) is 14.4 Å². The number of carbonyl (C=O) groups excluding carboxylic acids is 3. The fourth-order valence-corrected chi connectivity index (χ4v) is 3.46. The standard InChI is InChI=1S/C27H27N3O3/c1-30(18-19-7-9-23(10-8-19)27(33)29-24-15-16-24)25(31)17-28-26(32)22-13-11-21(12-14-22)20-5-3-2-4-6-20/h2-14,24H,15-18H2,1H3,(H,28,32)(H,29,33). The Morgan fingerprint density at radius 1 is 0.788 bits per heavy atom. The molecule has 0 saturated heterocycles. The molecule has 4 rings (SSSR count). The number of hydrogen-bond acceptors (Lipinski definition) is 3. The van der Waals surface area contributed by atoms with Crippen LogP contribution in [0.25, 0.3) is 11.1 Å². The Kier molecular flexibility index (Phi) is 6.83. The topological polar surface area (TPSA) is 78.5 Å². The minimum atomic E-state index is -0.289. The molecule has 1 saturated carbocycles. The lowest BCUT2D eigenvalue weighted by molar-refractivity contribution is -0.129. The highest BCUT2D eigenvalue weighted by atomic mass is 16.2. The first kappa shape index (κ1) is 22.3. The van der Waals surface area contributed by atoms with Gasteiger partial charge in [-0.25, -0.2) is 0 Å². The smallest absolute Gasteiger partial charge is 0.251 e.